The summed E-state index contributed by atoms with van der Waals surface area (Å²) < 4.78 is 5.36. The molecule has 2 aromatic rings. The summed E-state index contributed by atoms with van der Waals surface area (Å²) in [6.07, 6.45) is 3.99. The largest absolute Gasteiger partial charge is 0.359 e. The second-order valence-corrected chi connectivity index (χ2v) is 8.62. The second kappa shape index (κ2) is 9.63. The van der Waals surface area contributed by atoms with Gasteiger partial charge in [-0.1, -0.05) is 55.0 Å². The van der Waals surface area contributed by atoms with E-state index in [4.69, 9.17) is 27.7 Å². The molecule has 1 aliphatic carbocycles. The van der Waals surface area contributed by atoms with Crippen LogP contribution in [0.25, 0.3) is 0 Å². The number of carbonyl (C=O) groups is 2. The van der Waals surface area contributed by atoms with Crippen molar-refractivity contribution >= 4 is 35.0 Å². The van der Waals surface area contributed by atoms with Crippen molar-refractivity contribution in [2.75, 3.05) is 6.54 Å². The number of nitrogens with one attached hydrogen (secondary N) is 1. The minimum absolute atomic E-state index is 0.0950. The van der Waals surface area contributed by atoms with Crippen molar-refractivity contribution in [3.8, 4) is 0 Å². The molecule has 0 atom stereocenters. The molecule has 2 amide bonds. The molecule has 8 heteroatoms. The number of amides is 2. The van der Waals surface area contributed by atoms with Crippen molar-refractivity contribution in [3.63, 3.8) is 0 Å². The minimum atomic E-state index is -0.284. The molecule has 0 aliphatic heterocycles. The number of halogens is 2. The predicted molar refractivity (Wildman–Crippen MR) is 112 cm³/mol. The van der Waals surface area contributed by atoms with Crippen molar-refractivity contribution in [2.45, 2.75) is 52.1 Å². The molecule has 6 nitrogen and oxygen atoms in total. The van der Waals surface area contributed by atoms with E-state index in [2.05, 4.69) is 10.5 Å². The van der Waals surface area contributed by atoms with E-state index >= 15 is 0 Å². The number of hydrogen-bond acceptors (Lipinski definition) is 4. The van der Waals surface area contributed by atoms with Gasteiger partial charge in [-0.15, -0.1) is 0 Å². The molecular formula is C21H25Cl2N3O3. The molecular weight excluding hydrogens is 413 g/mol. The first-order valence-electron chi connectivity index (χ1n) is 9.85. The molecule has 29 heavy (non-hydrogen) atoms. The Labute approximate surface area is 180 Å². The highest BCUT2D eigenvalue weighted by Crippen LogP contribution is 2.29. The van der Waals surface area contributed by atoms with Crippen LogP contribution >= 0.6 is 23.2 Å². The molecule has 1 aliphatic rings. The maximum absolute atomic E-state index is 13.2. The van der Waals surface area contributed by atoms with Gasteiger partial charge in [-0.25, -0.2) is 0 Å². The minimum Gasteiger partial charge on any atom is -0.359 e. The van der Waals surface area contributed by atoms with E-state index in [1.165, 1.54) is 0 Å². The lowest BCUT2D eigenvalue weighted by Gasteiger charge is -2.28. The molecule has 156 valence electrons. The monoisotopic (exact) mass is 437 g/mol. The van der Waals surface area contributed by atoms with Gasteiger partial charge in [0.25, 0.3) is 11.8 Å². The highest BCUT2D eigenvalue weighted by Gasteiger charge is 2.30. The quantitative estimate of drug-likeness (QED) is 0.664. The molecule has 0 spiro atoms. The number of hydrogen-bond donors (Lipinski definition) is 1. The van der Waals surface area contributed by atoms with Gasteiger partial charge < -0.3 is 14.7 Å². The molecule has 0 saturated heterocycles. The third kappa shape index (κ3) is 5.52. The zero-order valence-corrected chi connectivity index (χ0v) is 18.1. The van der Waals surface area contributed by atoms with Crippen molar-refractivity contribution in [1.29, 1.82) is 0 Å². The first-order valence-corrected chi connectivity index (χ1v) is 10.6. The van der Waals surface area contributed by atoms with Crippen LogP contribution in [0.2, 0.25) is 10.0 Å². The highest BCUT2D eigenvalue weighted by molar-refractivity contribution is 6.36. The van der Waals surface area contributed by atoms with Crippen LogP contribution in [0.4, 0.5) is 0 Å². The molecule has 0 unspecified atom stereocenters. The van der Waals surface area contributed by atoms with Gasteiger partial charge >= 0.3 is 0 Å². The fourth-order valence-corrected chi connectivity index (χ4v) is 3.94. The molecule has 1 aromatic heterocycles. The van der Waals surface area contributed by atoms with Gasteiger partial charge in [0.1, 0.15) is 0 Å². The summed E-state index contributed by atoms with van der Waals surface area (Å²) in [7, 11) is 0. The molecule has 1 N–H and O–H groups in total. The Balaban J connectivity index is 1.78. The molecule has 1 heterocycles. The van der Waals surface area contributed by atoms with Crippen molar-refractivity contribution in [3.05, 3.63) is 51.3 Å². The summed E-state index contributed by atoms with van der Waals surface area (Å²) in [4.78, 5) is 27.2. The lowest BCUT2D eigenvalue weighted by molar-refractivity contribution is 0.0643. The van der Waals surface area contributed by atoms with Gasteiger partial charge in [-0.3, -0.25) is 9.59 Å². The Morgan fingerprint density at radius 3 is 2.62 bits per heavy atom. The Morgan fingerprint density at radius 2 is 1.97 bits per heavy atom. The zero-order valence-electron chi connectivity index (χ0n) is 16.6. The van der Waals surface area contributed by atoms with Crippen molar-refractivity contribution in [1.82, 2.24) is 15.4 Å². The average molecular weight is 438 g/mol. The van der Waals surface area contributed by atoms with Crippen LogP contribution in [0, 0.1) is 5.92 Å². The maximum Gasteiger partial charge on any atom is 0.273 e. The molecule has 1 fully saturated rings. The van der Waals surface area contributed by atoms with Gasteiger partial charge in [0.15, 0.2) is 11.5 Å². The SMILES string of the molecule is CC(C)CNC(=O)c1cc(CN(C(=O)c2ccc(Cl)cc2Cl)C2CCCC2)on1. The van der Waals surface area contributed by atoms with E-state index in [9.17, 15) is 9.59 Å². The normalized spacial score (nSPS) is 14.4. The zero-order chi connectivity index (χ0) is 21.0. The average Bonchev–Trinajstić information content (AvgIpc) is 3.35. The number of nitrogens with zero attached hydrogens (tertiary/aromatic N) is 2. The summed E-state index contributed by atoms with van der Waals surface area (Å²) in [6, 6.07) is 6.54. The topological polar surface area (TPSA) is 75.4 Å². The molecule has 1 aromatic carbocycles. The van der Waals surface area contributed by atoms with E-state index in [1.807, 2.05) is 13.8 Å². The third-order valence-electron chi connectivity index (χ3n) is 4.98. The summed E-state index contributed by atoms with van der Waals surface area (Å²) in [5, 5.41) is 7.47. The second-order valence-electron chi connectivity index (χ2n) is 7.78. The first kappa shape index (κ1) is 21.7. The van der Waals surface area contributed by atoms with E-state index in [0.717, 1.165) is 25.7 Å². The number of aromatic nitrogens is 1. The summed E-state index contributed by atoms with van der Waals surface area (Å²) in [5.41, 5.74) is 0.612. The van der Waals surface area contributed by atoms with Crippen LogP contribution in [-0.4, -0.2) is 34.5 Å². The van der Waals surface area contributed by atoms with Crippen LogP contribution in [0.15, 0.2) is 28.8 Å². The maximum atomic E-state index is 13.2. The molecule has 3 rings (SSSR count). The Hall–Kier alpha value is -2.05. The summed E-state index contributed by atoms with van der Waals surface area (Å²) >= 11 is 12.2. The lowest BCUT2D eigenvalue weighted by Crippen LogP contribution is -2.38. The Morgan fingerprint density at radius 1 is 1.24 bits per heavy atom. The summed E-state index contributed by atoms with van der Waals surface area (Å²) in [5.74, 6) is 0.337. The van der Waals surface area contributed by atoms with E-state index in [-0.39, 0.29) is 30.1 Å². The van der Waals surface area contributed by atoms with Crippen LogP contribution in [0.3, 0.4) is 0 Å². The van der Waals surface area contributed by atoms with Crippen LogP contribution in [0.1, 0.15) is 66.1 Å². The van der Waals surface area contributed by atoms with Crippen LogP contribution < -0.4 is 5.32 Å². The molecule has 0 radical (unpaired) electrons. The predicted octanol–water partition coefficient (Wildman–Crippen LogP) is 4.95. The smallest absolute Gasteiger partial charge is 0.273 e. The lowest BCUT2D eigenvalue weighted by atomic mass is 10.1. The van der Waals surface area contributed by atoms with Crippen molar-refractivity contribution < 1.29 is 14.1 Å². The summed E-state index contributed by atoms with van der Waals surface area (Å²) in [6.45, 7) is 4.82. The van der Waals surface area contributed by atoms with Crippen molar-refractivity contribution in [2.24, 2.45) is 5.92 Å². The Kier molecular flexibility index (Phi) is 7.19. The van der Waals surface area contributed by atoms with Gasteiger partial charge in [0.05, 0.1) is 17.1 Å². The molecule has 1 saturated carbocycles. The number of rotatable bonds is 7. The van der Waals surface area contributed by atoms with Gasteiger partial charge in [0, 0.05) is 23.7 Å². The molecule has 0 bridgehead atoms. The number of benzene rings is 1. The third-order valence-corrected chi connectivity index (χ3v) is 5.52. The van der Waals surface area contributed by atoms with E-state index in [0.29, 0.717) is 33.8 Å². The standard InChI is InChI=1S/C21H25Cl2N3O3/c1-13(2)11-24-20(27)19-10-16(29-25-19)12-26(15-5-3-4-6-15)21(28)17-8-7-14(22)9-18(17)23/h7-10,13,15H,3-6,11-12H2,1-2H3,(H,24,27). The highest BCUT2D eigenvalue weighted by atomic mass is 35.5. The van der Waals surface area contributed by atoms with E-state index in [1.54, 1.807) is 29.2 Å². The van der Waals surface area contributed by atoms with Crippen LogP contribution in [0.5, 0.6) is 0 Å². The van der Waals surface area contributed by atoms with Gasteiger partial charge in [0.2, 0.25) is 0 Å². The van der Waals surface area contributed by atoms with Gasteiger partial charge in [-0.05, 0) is 37.0 Å². The first-order chi connectivity index (χ1) is 13.8. The van der Waals surface area contributed by atoms with Crippen LogP contribution in [-0.2, 0) is 6.54 Å². The van der Waals surface area contributed by atoms with E-state index < -0.39 is 0 Å². The number of carbonyl (C=O) groups excluding carboxylic acids is 2. The Bertz CT molecular complexity index is 876. The van der Waals surface area contributed by atoms with Gasteiger partial charge in [-0.2, -0.15) is 0 Å². The fourth-order valence-electron chi connectivity index (χ4n) is 3.45. The fraction of sp³-hybridized carbons (Fsp3) is 0.476.